The van der Waals surface area contributed by atoms with Gasteiger partial charge in [-0.25, -0.2) is 0 Å². The van der Waals surface area contributed by atoms with Crippen molar-refractivity contribution in [3.05, 3.63) is 35.9 Å². The van der Waals surface area contributed by atoms with E-state index in [-0.39, 0.29) is 5.91 Å². The number of benzene rings is 1. The number of carbonyl (C=O) groups is 1. The van der Waals surface area contributed by atoms with Gasteiger partial charge in [-0.2, -0.15) is 0 Å². The highest BCUT2D eigenvalue weighted by molar-refractivity contribution is 8.23. The number of hydrogen-bond acceptors (Lipinski definition) is 4. The van der Waals surface area contributed by atoms with E-state index in [9.17, 15) is 4.79 Å². The van der Waals surface area contributed by atoms with Gasteiger partial charge in [0.1, 0.15) is 4.32 Å². The van der Waals surface area contributed by atoms with Gasteiger partial charge in [0.15, 0.2) is 0 Å². The van der Waals surface area contributed by atoms with Crippen LogP contribution in [0, 0.1) is 0 Å². The average molecular weight is 353 g/mol. The molecule has 0 unspecified atom stereocenters. The SMILES string of the molecule is O=C(CSC(=S)N1CCOCC1)NCCCCc1ccccc1. The van der Waals surface area contributed by atoms with Crippen LogP contribution >= 0.6 is 24.0 Å². The number of thiocarbonyl (C=S) groups is 1. The van der Waals surface area contributed by atoms with Crippen LogP contribution in [0.4, 0.5) is 0 Å². The third-order valence-electron chi connectivity index (χ3n) is 3.65. The van der Waals surface area contributed by atoms with Crippen molar-refractivity contribution in [1.29, 1.82) is 0 Å². The lowest BCUT2D eigenvalue weighted by Gasteiger charge is -2.28. The number of amides is 1. The molecule has 0 radical (unpaired) electrons. The molecule has 1 saturated heterocycles. The predicted octanol–water partition coefficient (Wildman–Crippen LogP) is 2.48. The molecule has 0 atom stereocenters. The molecule has 1 amide bonds. The number of unbranched alkanes of at least 4 members (excludes halogenated alkanes) is 1. The van der Waals surface area contributed by atoms with E-state index >= 15 is 0 Å². The second-order valence-electron chi connectivity index (χ2n) is 5.45. The van der Waals surface area contributed by atoms with Crippen LogP contribution in [0.25, 0.3) is 0 Å². The number of thioether (sulfide) groups is 1. The summed E-state index contributed by atoms with van der Waals surface area (Å²) in [7, 11) is 0. The first kappa shape index (κ1) is 18.2. The fourth-order valence-corrected chi connectivity index (χ4v) is 3.42. The Hall–Kier alpha value is -1.11. The highest BCUT2D eigenvalue weighted by Gasteiger charge is 2.15. The van der Waals surface area contributed by atoms with E-state index in [1.807, 2.05) is 6.07 Å². The van der Waals surface area contributed by atoms with Crippen LogP contribution in [-0.4, -0.2) is 53.7 Å². The summed E-state index contributed by atoms with van der Waals surface area (Å²) in [4.78, 5) is 13.9. The smallest absolute Gasteiger partial charge is 0.230 e. The Kier molecular flexibility index (Phi) is 8.42. The third-order valence-corrected chi connectivity index (χ3v) is 5.18. The van der Waals surface area contributed by atoms with Gasteiger partial charge >= 0.3 is 0 Å². The van der Waals surface area contributed by atoms with E-state index in [2.05, 4.69) is 34.5 Å². The second-order valence-corrected chi connectivity index (χ2v) is 7.06. The van der Waals surface area contributed by atoms with Crippen LogP contribution in [0.1, 0.15) is 18.4 Å². The molecule has 126 valence electrons. The van der Waals surface area contributed by atoms with E-state index in [1.165, 1.54) is 17.3 Å². The molecular weight excluding hydrogens is 328 g/mol. The Morgan fingerprint density at radius 2 is 1.96 bits per heavy atom. The van der Waals surface area contributed by atoms with E-state index < -0.39 is 0 Å². The maximum atomic E-state index is 11.8. The zero-order valence-corrected chi connectivity index (χ0v) is 15.0. The number of hydrogen-bond donors (Lipinski definition) is 1. The summed E-state index contributed by atoms with van der Waals surface area (Å²) in [5.41, 5.74) is 1.35. The molecule has 1 N–H and O–H groups in total. The summed E-state index contributed by atoms with van der Waals surface area (Å²) in [6, 6.07) is 10.4. The first-order valence-electron chi connectivity index (χ1n) is 8.06. The Balaban J connectivity index is 1.50. The molecular formula is C17H24N2O2S2. The van der Waals surface area contributed by atoms with E-state index in [0.717, 1.165) is 43.2 Å². The largest absolute Gasteiger partial charge is 0.378 e. The Bertz CT molecular complexity index is 491. The summed E-state index contributed by atoms with van der Waals surface area (Å²) < 4.78 is 6.09. The number of morpholine rings is 1. The standard InChI is InChI=1S/C17H24N2O2S2/c20-16(14-23-17(22)19-10-12-21-13-11-19)18-9-5-4-8-15-6-2-1-3-7-15/h1-3,6-7H,4-5,8-14H2,(H,18,20). The minimum atomic E-state index is 0.0605. The van der Waals surface area contributed by atoms with Gasteiger partial charge in [-0.05, 0) is 24.8 Å². The average Bonchev–Trinajstić information content (AvgIpc) is 2.61. The maximum absolute atomic E-state index is 11.8. The highest BCUT2D eigenvalue weighted by Crippen LogP contribution is 2.11. The lowest BCUT2D eigenvalue weighted by molar-refractivity contribution is -0.118. The fourth-order valence-electron chi connectivity index (χ4n) is 2.34. The van der Waals surface area contributed by atoms with Crippen molar-refractivity contribution in [2.45, 2.75) is 19.3 Å². The summed E-state index contributed by atoms with van der Waals surface area (Å²) in [5, 5.41) is 2.96. The van der Waals surface area contributed by atoms with Crippen LogP contribution in [-0.2, 0) is 16.0 Å². The molecule has 6 heteroatoms. The van der Waals surface area contributed by atoms with Crippen LogP contribution in [0.15, 0.2) is 30.3 Å². The molecule has 0 aromatic heterocycles. The molecule has 1 aromatic rings. The molecule has 1 fully saturated rings. The number of ether oxygens (including phenoxy) is 1. The molecule has 0 spiro atoms. The third kappa shape index (κ3) is 7.33. The van der Waals surface area contributed by atoms with E-state index in [1.54, 1.807) is 0 Å². The van der Waals surface area contributed by atoms with Crippen molar-refractivity contribution in [3.63, 3.8) is 0 Å². The summed E-state index contributed by atoms with van der Waals surface area (Å²) in [6.45, 7) is 3.82. The van der Waals surface area contributed by atoms with Crippen LogP contribution in [0.3, 0.4) is 0 Å². The minimum absolute atomic E-state index is 0.0605. The number of rotatable bonds is 7. The van der Waals surface area contributed by atoms with Crippen LogP contribution in [0.5, 0.6) is 0 Å². The number of carbonyl (C=O) groups excluding carboxylic acids is 1. The van der Waals surface area contributed by atoms with Crippen LogP contribution in [0.2, 0.25) is 0 Å². The van der Waals surface area contributed by atoms with Gasteiger partial charge in [-0.1, -0.05) is 54.3 Å². The highest BCUT2D eigenvalue weighted by atomic mass is 32.2. The lowest BCUT2D eigenvalue weighted by atomic mass is 10.1. The molecule has 1 aliphatic rings. The molecule has 2 rings (SSSR count). The molecule has 23 heavy (non-hydrogen) atoms. The van der Waals surface area contributed by atoms with Gasteiger partial charge in [-0.3, -0.25) is 4.79 Å². The van der Waals surface area contributed by atoms with Crippen molar-refractivity contribution in [2.75, 3.05) is 38.6 Å². The summed E-state index contributed by atoms with van der Waals surface area (Å²) in [5.74, 6) is 0.458. The maximum Gasteiger partial charge on any atom is 0.230 e. The Morgan fingerprint density at radius 1 is 1.22 bits per heavy atom. The molecule has 4 nitrogen and oxygen atoms in total. The Morgan fingerprint density at radius 3 is 2.70 bits per heavy atom. The normalized spacial score (nSPS) is 14.5. The molecule has 1 aromatic carbocycles. The zero-order valence-electron chi connectivity index (χ0n) is 13.3. The van der Waals surface area contributed by atoms with Gasteiger partial charge in [-0.15, -0.1) is 0 Å². The summed E-state index contributed by atoms with van der Waals surface area (Å²) >= 11 is 6.80. The zero-order chi connectivity index (χ0) is 16.3. The number of nitrogens with zero attached hydrogens (tertiary/aromatic N) is 1. The molecule has 0 aliphatic carbocycles. The molecule has 0 saturated carbocycles. The fraction of sp³-hybridized carbons (Fsp3) is 0.529. The van der Waals surface area contributed by atoms with Crippen molar-refractivity contribution in [3.8, 4) is 0 Å². The monoisotopic (exact) mass is 352 g/mol. The lowest BCUT2D eigenvalue weighted by Crippen LogP contribution is -2.39. The quantitative estimate of drug-likeness (QED) is 0.603. The van der Waals surface area contributed by atoms with Gasteiger partial charge < -0.3 is 15.0 Å². The predicted molar refractivity (Wildman–Crippen MR) is 99.8 cm³/mol. The number of aryl methyl sites for hydroxylation is 1. The van der Waals surface area contributed by atoms with E-state index in [4.69, 9.17) is 17.0 Å². The first-order chi connectivity index (χ1) is 11.3. The second kappa shape index (κ2) is 10.6. The minimum Gasteiger partial charge on any atom is -0.378 e. The van der Waals surface area contributed by atoms with Crippen molar-refractivity contribution in [2.24, 2.45) is 0 Å². The van der Waals surface area contributed by atoms with Crippen LogP contribution < -0.4 is 5.32 Å². The van der Waals surface area contributed by atoms with Gasteiger partial charge in [0, 0.05) is 19.6 Å². The molecule has 1 aliphatic heterocycles. The first-order valence-corrected chi connectivity index (χ1v) is 9.45. The van der Waals surface area contributed by atoms with E-state index in [0.29, 0.717) is 19.0 Å². The van der Waals surface area contributed by atoms with Crippen molar-refractivity contribution >= 4 is 34.2 Å². The van der Waals surface area contributed by atoms with Gasteiger partial charge in [0.25, 0.3) is 0 Å². The molecule has 0 bridgehead atoms. The molecule has 1 heterocycles. The van der Waals surface area contributed by atoms with Gasteiger partial charge in [0.05, 0.1) is 19.0 Å². The van der Waals surface area contributed by atoms with Crippen molar-refractivity contribution in [1.82, 2.24) is 10.2 Å². The van der Waals surface area contributed by atoms with Crippen molar-refractivity contribution < 1.29 is 9.53 Å². The summed E-state index contributed by atoms with van der Waals surface area (Å²) in [6.07, 6.45) is 3.15. The Labute approximate surface area is 148 Å². The topological polar surface area (TPSA) is 41.6 Å². The number of nitrogens with one attached hydrogen (secondary N) is 1. The van der Waals surface area contributed by atoms with Gasteiger partial charge in [0.2, 0.25) is 5.91 Å².